The highest BCUT2D eigenvalue weighted by molar-refractivity contribution is 5.84. The van der Waals surface area contributed by atoms with E-state index >= 15 is 0 Å². The lowest BCUT2D eigenvalue weighted by molar-refractivity contribution is -0.273. The van der Waals surface area contributed by atoms with Crippen LogP contribution in [0.2, 0.25) is 0 Å². The monoisotopic (exact) mass is 234 g/mol. The quantitative estimate of drug-likeness (QED) is 0.541. The first-order valence-electron chi connectivity index (χ1n) is 3.76. The first-order valence-corrected chi connectivity index (χ1v) is 3.76. The Morgan fingerprint density at radius 1 is 1.13 bits per heavy atom. The molecule has 0 spiro atoms. The normalized spacial score (nSPS) is 13.1. The van der Waals surface area contributed by atoms with E-state index in [4.69, 9.17) is 0 Å². The minimum Gasteiger partial charge on any atom is -0.298 e. The van der Waals surface area contributed by atoms with E-state index in [1.54, 1.807) is 0 Å². The molecule has 0 fully saturated rings. The molecule has 0 N–H and O–H groups in total. The second kappa shape index (κ2) is 4.24. The van der Waals surface area contributed by atoms with Gasteiger partial charge in [0, 0.05) is 6.42 Å². The van der Waals surface area contributed by atoms with Crippen LogP contribution in [-0.4, -0.2) is 18.1 Å². The predicted octanol–water partition coefficient (Wildman–Crippen LogP) is 3.26. The molecule has 1 nitrogen and oxygen atoms in total. The smallest absolute Gasteiger partial charge is 0.298 e. The van der Waals surface area contributed by atoms with Gasteiger partial charge in [-0.25, -0.2) is 0 Å². The van der Waals surface area contributed by atoms with Crippen LogP contribution in [-0.2, 0) is 4.79 Å². The molecule has 0 saturated carbocycles. The molecule has 88 valence electrons. The van der Waals surface area contributed by atoms with Crippen molar-refractivity contribution in [2.45, 2.75) is 25.7 Å². The summed E-state index contributed by atoms with van der Waals surface area (Å²) < 4.78 is 71.7. The molecule has 0 radical (unpaired) electrons. The van der Waals surface area contributed by atoms with Gasteiger partial charge < -0.3 is 0 Å². The number of carbonyl (C=O) groups excluding carboxylic acids is 1. The summed E-state index contributed by atoms with van der Waals surface area (Å²) in [6.45, 7) is 4.27. The summed E-state index contributed by atoms with van der Waals surface area (Å²) in [7, 11) is 0. The Bertz CT molecular complexity index is 247. The van der Waals surface area contributed by atoms with E-state index in [0.29, 0.717) is 0 Å². The molecule has 0 aliphatic heterocycles. The van der Waals surface area contributed by atoms with Crippen molar-refractivity contribution in [1.82, 2.24) is 0 Å². The molecular weight excluding hydrogens is 226 g/mol. The molecule has 0 aromatic heterocycles. The average molecular weight is 234 g/mol. The van der Waals surface area contributed by atoms with E-state index in [2.05, 4.69) is 6.58 Å². The van der Waals surface area contributed by atoms with Gasteiger partial charge in [0.15, 0.2) is 5.78 Å². The predicted molar refractivity (Wildman–Crippen MR) is 40.0 cm³/mol. The fourth-order valence-electron chi connectivity index (χ4n) is 0.950. The van der Waals surface area contributed by atoms with Gasteiger partial charge in [0.1, 0.15) is 0 Å². The zero-order valence-electron chi connectivity index (χ0n) is 7.67. The number of Topliss-reactive ketones (excluding diaryl/α,β-unsaturated/α-hetero) is 1. The lowest BCUT2D eigenvalue weighted by Crippen LogP contribution is -2.42. The number of hydrogen-bond donors (Lipinski definition) is 0. The summed E-state index contributed by atoms with van der Waals surface area (Å²) in [6.07, 6.45) is -12.1. The van der Waals surface area contributed by atoms with E-state index in [-0.39, 0.29) is 5.57 Å². The minimum absolute atomic E-state index is 0.0431. The van der Waals surface area contributed by atoms with Crippen LogP contribution in [0, 0.1) is 5.92 Å². The summed E-state index contributed by atoms with van der Waals surface area (Å²) in [4.78, 5) is 10.7. The molecule has 0 unspecified atom stereocenters. The highest BCUT2D eigenvalue weighted by atomic mass is 19.4. The van der Waals surface area contributed by atoms with Crippen LogP contribution in [0.25, 0.3) is 0 Å². The minimum atomic E-state index is -5.61. The van der Waals surface area contributed by atoms with Gasteiger partial charge in [0.05, 0.1) is 0 Å². The van der Waals surface area contributed by atoms with Crippen molar-refractivity contribution in [2.24, 2.45) is 5.92 Å². The Morgan fingerprint density at radius 3 is 1.67 bits per heavy atom. The van der Waals surface area contributed by atoms with Gasteiger partial charge in [-0.1, -0.05) is 12.2 Å². The van der Waals surface area contributed by atoms with Gasteiger partial charge in [-0.15, -0.1) is 0 Å². The second-order valence-electron chi connectivity index (χ2n) is 3.12. The SMILES string of the molecule is C=C(C)CC(=O)C(C(F)(F)F)C(F)(F)F. The third-order valence-corrected chi connectivity index (χ3v) is 1.45. The summed E-state index contributed by atoms with van der Waals surface area (Å²) in [5.74, 6) is -5.84. The van der Waals surface area contributed by atoms with Crippen molar-refractivity contribution in [3.05, 3.63) is 12.2 Å². The molecule has 0 atom stereocenters. The van der Waals surface area contributed by atoms with Crippen LogP contribution < -0.4 is 0 Å². The molecule has 0 amide bonds. The summed E-state index contributed by atoms with van der Waals surface area (Å²) >= 11 is 0. The number of ketones is 1. The first-order chi connectivity index (χ1) is 6.46. The number of halogens is 6. The Morgan fingerprint density at radius 2 is 1.47 bits per heavy atom. The van der Waals surface area contributed by atoms with Crippen molar-refractivity contribution < 1.29 is 31.1 Å². The maximum absolute atomic E-state index is 11.9. The lowest BCUT2D eigenvalue weighted by atomic mass is 9.98. The molecular formula is C8H8F6O. The summed E-state index contributed by atoms with van der Waals surface area (Å²) in [5, 5.41) is 0. The molecule has 0 saturated heterocycles. The Balaban J connectivity index is 4.98. The van der Waals surface area contributed by atoms with Crippen molar-refractivity contribution in [3.8, 4) is 0 Å². The second-order valence-corrected chi connectivity index (χ2v) is 3.12. The highest BCUT2D eigenvalue weighted by Crippen LogP contribution is 2.40. The standard InChI is InChI=1S/C8H8F6O/c1-4(2)3-5(15)6(7(9,10)11)8(12,13)14/h6H,1,3H2,2H3. The number of allylic oxidation sites excluding steroid dienone is 1. The molecule has 0 aliphatic rings. The van der Waals surface area contributed by atoms with Crippen molar-refractivity contribution >= 4 is 5.78 Å². The van der Waals surface area contributed by atoms with E-state index < -0.39 is 30.5 Å². The van der Waals surface area contributed by atoms with Crippen LogP contribution in [0.5, 0.6) is 0 Å². The zero-order chi connectivity index (χ0) is 12.4. The molecule has 0 aliphatic carbocycles. The lowest BCUT2D eigenvalue weighted by Gasteiger charge is -2.21. The Kier molecular flexibility index (Phi) is 3.95. The van der Waals surface area contributed by atoms with Crippen LogP contribution >= 0.6 is 0 Å². The average Bonchev–Trinajstić information content (AvgIpc) is 1.74. The van der Waals surface area contributed by atoms with Crippen LogP contribution in [0.1, 0.15) is 13.3 Å². The van der Waals surface area contributed by atoms with Crippen LogP contribution in [0.4, 0.5) is 26.3 Å². The topological polar surface area (TPSA) is 17.1 Å². The summed E-state index contributed by atoms with van der Waals surface area (Å²) in [5.41, 5.74) is -0.0431. The maximum Gasteiger partial charge on any atom is 0.407 e. The van der Waals surface area contributed by atoms with Gasteiger partial charge in [0.2, 0.25) is 5.92 Å². The van der Waals surface area contributed by atoms with Crippen molar-refractivity contribution in [3.63, 3.8) is 0 Å². The highest BCUT2D eigenvalue weighted by Gasteiger charge is 2.60. The largest absolute Gasteiger partial charge is 0.407 e. The van der Waals surface area contributed by atoms with Gasteiger partial charge in [0.25, 0.3) is 0 Å². The number of rotatable bonds is 3. The maximum atomic E-state index is 11.9. The van der Waals surface area contributed by atoms with E-state index in [9.17, 15) is 31.1 Å². The zero-order valence-corrected chi connectivity index (χ0v) is 7.67. The third-order valence-electron chi connectivity index (χ3n) is 1.45. The molecule has 0 rings (SSSR count). The fraction of sp³-hybridized carbons (Fsp3) is 0.625. The van der Waals surface area contributed by atoms with E-state index in [1.807, 2.05) is 0 Å². The Hall–Kier alpha value is -1.01. The Labute approximate surface area is 81.8 Å². The molecule has 0 aromatic carbocycles. The van der Waals surface area contributed by atoms with Gasteiger partial charge in [-0.2, -0.15) is 26.3 Å². The molecule has 7 heteroatoms. The number of alkyl halides is 6. The van der Waals surface area contributed by atoms with E-state index in [0.717, 1.165) is 0 Å². The van der Waals surface area contributed by atoms with Gasteiger partial charge >= 0.3 is 12.4 Å². The molecule has 0 bridgehead atoms. The molecule has 15 heavy (non-hydrogen) atoms. The number of carbonyl (C=O) groups is 1. The number of hydrogen-bond acceptors (Lipinski definition) is 1. The molecule has 0 aromatic rings. The van der Waals surface area contributed by atoms with Crippen LogP contribution in [0.3, 0.4) is 0 Å². The van der Waals surface area contributed by atoms with E-state index in [1.165, 1.54) is 6.92 Å². The third kappa shape index (κ3) is 4.35. The first kappa shape index (κ1) is 14.0. The van der Waals surface area contributed by atoms with Gasteiger partial charge in [-0.3, -0.25) is 4.79 Å². The fourth-order valence-corrected chi connectivity index (χ4v) is 0.950. The van der Waals surface area contributed by atoms with Gasteiger partial charge in [-0.05, 0) is 6.92 Å². The molecule has 0 heterocycles. The van der Waals surface area contributed by atoms with Crippen molar-refractivity contribution in [1.29, 1.82) is 0 Å². The van der Waals surface area contributed by atoms with Crippen LogP contribution in [0.15, 0.2) is 12.2 Å². The summed E-state index contributed by atoms with van der Waals surface area (Å²) in [6, 6.07) is 0. The van der Waals surface area contributed by atoms with Crippen molar-refractivity contribution in [2.75, 3.05) is 0 Å².